The Balaban J connectivity index is 1.57. The summed E-state index contributed by atoms with van der Waals surface area (Å²) >= 11 is 6.24. The average Bonchev–Trinajstić information content (AvgIpc) is 3.10. The number of amides is 3. The number of nitrogens with zero attached hydrogens (tertiary/aromatic N) is 2. The molecule has 3 rings (SSSR count). The Morgan fingerprint density at radius 1 is 1.22 bits per heavy atom. The molecule has 142 valence electrons. The summed E-state index contributed by atoms with van der Waals surface area (Å²) in [5, 5.41) is 3.31. The number of carbonyl (C=O) groups excluding carboxylic acids is 2. The molecule has 0 aliphatic carbocycles. The largest absolute Gasteiger partial charge is 0.328 e. The van der Waals surface area contributed by atoms with Crippen LogP contribution in [0, 0.1) is 0 Å². The van der Waals surface area contributed by atoms with E-state index in [1.165, 1.54) is 5.56 Å². The minimum Gasteiger partial charge on any atom is -0.328 e. The van der Waals surface area contributed by atoms with Crippen molar-refractivity contribution in [1.29, 1.82) is 0 Å². The van der Waals surface area contributed by atoms with E-state index in [1.807, 2.05) is 24.3 Å². The molecule has 1 saturated heterocycles. The van der Waals surface area contributed by atoms with Crippen molar-refractivity contribution in [3.05, 3.63) is 59.1 Å². The normalized spacial score (nSPS) is 13.7. The Kier molecular flexibility index (Phi) is 6.35. The Labute approximate surface area is 164 Å². The molecule has 0 aromatic heterocycles. The van der Waals surface area contributed by atoms with Gasteiger partial charge in [-0.2, -0.15) is 0 Å². The van der Waals surface area contributed by atoms with E-state index in [-0.39, 0.29) is 11.9 Å². The molecule has 1 aliphatic heterocycles. The van der Waals surface area contributed by atoms with Gasteiger partial charge in [0, 0.05) is 32.2 Å². The van der Waals surface area contributed by atoms with Crippen LogP contribution in [0.5, 0.6) is 0 Å². The third-order valence-corrected chi connectivity index (χ3v) is 5.05. The Morgan fingerprint density at radius 3 is 2.70 bits per heavy atom. The molecule has 0 bridgehead atoms. The average molecular weight is 386 g/mol. The SMILES string of the molecule is CN(CCCc1ccccc1)C(=O)Nc1cc(N2CCCC2=O)ccc1Cl. The third-order valence-electron chi connectivity index (χ3n) is 4.73. The summed E-state index contributed by atoms with van der Waals surface area (Å²) in [6, 6.07) is 15.3. The zero-order valence-corrected chi connectivity index (χ0v) is 16.2. The topological polar surface area (TPSA) is 52.7 Å². The lowest BCUT2D eigenvalue weighted by atomic mass is 10.1. The highest BCUT2D eigenvalue weighted by molar-refractivity contribution is 6.33. The van der Waals surface area contributed by atoms with Crippen LogP contribution >= 0.6 is 11.6 Å². The van der Waals surface area contributed by atoms with Crippen molar-refractivity contribution in [2.24, 2.45) is 0 Å². The van der Waals surface area contributed by atoms with Crippen LogP contribution in [-0.2, 0) is 11.2 Å². The number of halogens is 1. The van der Waals surface area contributed by atoms with Crippen LogP contribution in [0.15, 0.2) is 48.5 Å². The zero-order chi connectivity index (χ0) is 19.2. The highest BCUT2D eigenvalue weighted by Crippen LogP contribution is 2.30. The molecule has 27 heavy (non-hydrogen) atoms. The monoisotopic (exact) mass is 385 g/mol. The minimum atomic E-state index is -0.213. The fraction of sp³-hybridized carbons (Fsp3) is 0.333. The van der Waals surface area contributed by atoms with Crippen LogP contribution in [0.3, 0.4) is 0 Å². The molecule has 6 heteroatoms. The predicted molar refractivity (Wildman–Crippen MR) is 109 cm³/mol. The lowest BCUT2D eigenvalue weighted by molar-refractivity contribution is -0.117. The highest BCUT2D eigenvalue weighted by Gasteiger charge is 2.22. The van der Waals surface area contributed by atoms with E-state index in [2.05, 4.69) is 17.4 Å². The van der Waals surface area contributed by atoms with E-state index in [0.717, 1.165) is 24.9 Å². The van der Waals surface area contributed by atoms with Crippen LogP contribution in [-0.4, -0.2) is 37.0 Å². The van der Waals surface area contributed by atoms with E-state index in [4.69, 9.17) is 11.6 Å². The van der Waals surface area contributed by atoms with Gasteiger partial charge in [-0.15, -0.1) is 0 Å². The first kappa shape index (κ1) is 19.2. The van der Waals surface area contributed by atoms with Crippen LogP contribution in [0.25, 0.3) is 0 Å². The number of benzene rings is 2. The van der Waals surface area contributed by atoms with Crippen LogP contribution in [0.2, 0.25) is 5.02 Å². The maximum atomic E-state index is 12.5. The van der Waals surface area contributed by atoms with Crippen molar-refractivity contribution in [2.75, 3.05) is 30.4 Å². The summed E-state index contributed by atoms with van der Waals surface area (Å²) in [5.74, 6) is 0.104. The molecule has 5 nitrogen and oxygen atoms in total. The fourth-order valence-corrected chi connectivity index (χ4v) is 3.34. The van der Waals surface area contributed by atoms with Crippen molar-refractivity contribution in [3.63, 3.8) is 0 Å². The molecular formula is C21H24ClN3O2. The number of anilines is 2. The first-order chi connectivity index (χ1) is 13.0. The van der Waals surface area contributed by atoms with Crippen molar-refractivity contribution < 1.29 is 9.59 Å². The summed E-state index contributed by atoms with van der Waals surface area (Å²) in [5.41, 5.74) is 2.55. The molecule has 2 aromatic rings. The summed E-state index contributed by atoms with van der Waals surface area (Å²) in [6.45, 7) is 1.34. The number of aryl methyl sites for hydroxylation is 1. The Morgan fingerprint density at radius 2 is 2.00 bits per heavy atom. The summed E-state index contributed by atoms with van der Waals surface area (Å²) < 4.78 is 0. The molecule has 0 radical (unpaired) electrons. The van der Waals surface area contributed by atoms with E-state index < -0.39 is 0 Å². The van der Waals surface area contributed by atoms with Crippen molar-refractivity contribution in [1.82, 2.24) is 4.90 Å². The third kappa shape index (κ3) is 5.01. The number of hydrogen-bond acceptors (Lipinski definition) is 2. The second kappa shape index (κ2) is 8.91. The predicted octanol–water partition coefficient (Wildman–Crippen LogP) is 4.56. The molecule has 0 spiro atoms. The zero-order valence-electron chi connectivity index (χ0n) is 15.5. The van der Waals surface area contributed by atoms with Gasteiger partial charge in [0.15, 0.2) is 0 Å². The minimum absolute atomic E-state index is 0.104. The molecule has 0 atom stereocenters. The lowest BCUT2D eigenvalue weighted by Gasteiger charge is -2.20. The van der Waals surface area contributed by atoms with E-state index in [1.54, 1.807) is 29.0 Å². The fourth-order valence-electron chi connectivity index (χ4n) is 3.18. The van der Waals surface area contributed by atoms with Crippen LogP contribution in [0.1, 0.15) is 24.8 Å². The van der Waals surface area contributed by atoms with Gasteiger partial charge in [-0.1, -0.05) is 41.9 Å². The molecule has 3 amide bonds. The maximum absolute atomic E-state index is 12.5. The molecule has 1 fully saturated rings. The molecule has 0 saturated carbocycles. The summed E-state index contributed by atoms with van der Waals surface area (Å²) in [6.07, 6.45) is 3.22. The Hall–Kier alpha value is -2.53. The molecule has 1 N–H and O–H groups in total. The number of hydrogen-bond donors (Lipinski definition) is 1. The van der Waals surface area contributed by atoms with Crippen molar-refractivity contribution in [2.45, 2.75) is 25.7 Å². The molecule has 1 aliphatic rings. The van der Waals surface area contributed by atoms with Gasteiger partial charge in [0.25, 0.3) is 0 Å². The van der Waals surface area contributed by atoms with E-state index in [0.29, 0.717) is 30.2 Å². The molecular weight excluding hydrogens is 362 g/mol. The number of carbonyl (C=O) groups is 2. The smallest absolute Gasteiger partial charge is 0.321 e. The van der Waals surface area contributed by atoms with Gasteiger partial charge in [0.05, 0.1) is 10.7 Å². The highest BCUT2D eigenvalue weighted by atomic mass is 35.5. The standard InChI is InChI=1S/C21H24ClN3O2/c1-24(13-5-9-16-7-3-2-4-8-16)21(27)23-19-15-17(11-12-18(19)22)25-14-6-10-20(25)26/h2-4,7-8,11-12,15H,5-6,9-10,13-14H2,1H3,(H,23,27). The Bertz CT molecular complexity index is 810. The number of urea groups is 1. The van der Waals surface area contributed by atoms with Crippen molar-refractivity contribution in [3.8, 4) is 0 Å². The lowest BCUT2D eigenvalue weighted by Crippen LogP contribution is -2.32. The maximum Gasteiger partial charge on any atom is 0.321 e. The van der Waals surface area contributed by atoms with E-state index >= 15 is 0 Å². The summed E-state index contributed by atoms with van der Waals surface area (Å²) in [7, 11) is 1.77. The second-order valence-electron chi connectivity index (χ2n) is 6.75. The quantitative estimate of drug-likeness (QED) is 0.792. The molecule has 0 unspecified atom stereocenters. The van der Waals surface area contributed by atoms with Gasteiger partial charge < -0.3 is 15.1 Å². The van der Waals surface area contributed by atoms with Gasteiger partial charge in [-0.05, 0) is 43.0 Å². The van der Waals surface area contributed by atoms with Crippen LogP contribution in [0.4, 0.5) is 16.2 Å². The number of nitrogens with one attached hydrogen (secondary N) is 1. The van der Waals surface area contributed by atoms with Gasteiger partial charge in [0.2, 0.25) is 5.91 Å². The van der Waals surface area contributed by atoms with Gasteiger partial charge >= 0.3 is 6.03 Å². The molecule has 2 aromatic carbocycles. The summed E-state index contributed by atoms with van der Waals surface area (Å²) in [4.78, 5) is 27.8. The van der Waals surface area contributed by atoms with E-state index in [9.17, 15) is 9.59 Å². The van der Waals surface area contributed by atoms with Gasteiger partial charge in [-0.25, -0.2) is 4.79 Å². The van der Waals surface area contributed by atoms with Crippen molar-refractivity contribution >= 4 is 34.9 Å². The first-order valence-electron chi connectivity index (χ1n) is 9.20. The van der Waals surface area contributed by atoms with Gasteiger partial charge in [0.1, 0.15) is 0 Å². The first-order valence-corrected chi connectivity index (χ1v) is 9.58. The van der Waals surface area contributed by atoms with Gasteiger partial charge in [-0.3, -0.25) is 4.79 Å². The van der Waals surface area contributed by atoms with Crippen LogP contribution < -0.4 is 10.2 Å². The second-order valence-corrected chi connectivity index (χ2v) is 7.16. The number of rotatable bonds is 6. The molecule has 1 heterocycles.